The quantitative estimate of drug-likeness (QED) is 0.606. The highest BCUT2D eigenvalue weighted by Crippen LogP contribution is 2.37. The molecule has 1 N–H and O–H groups in total. The summed E-state index contributed by atoms with van der Waals surface area (Å²) in [6.45, 7) is 7.93. The van der Waals surface area contributed by atoms with Gasteiger partial charge < -0.3 is 10.1 Å². The van der Waals surface area contributed by atoms with Gasteiger partial charge in [0.05, 0.1) is 23.2 Å². The number of carbonyl (C=O) groups is 1. The number of fused-ring (bicyclic) bond motifs is 1. The minimum atomic E-state index is -3.87. The molecule has 4 rings (SSSR count). The number of sulfonamides is 1. The van der Waals surface area contributed by atoms with Crippen molar-refractivity contribution >= 4 is 21.6 Å². The predicted octanol–water partition coefficient (Wildman–Crippen LogP) is 4.45. The molecule has 1 heterocycles. The van der Waals surface area contributed by atoms with E-state index in [0.717, 1.165) is 16.7 Å². The molecule has 2 atom stereocenters. The largest absolute Gasteiger partial charge is 0.476 e. The Bertz CT molecular complexity index is 1290. The molecular weight excluding hydrogens is 436 g/mol. The summed E-state index contributed by atoms with van der Waals surface area (Å²) in [4.78, 5) is 13.4. The van der Waals surface area contributed by atoms with Crippen molar-refractivity contribution in [2.24, 2.45) is 0 Å². The second-order valence-electron chi connectivity index (χ2n) is 8.45. The van der Waals surface area contributed by atoms with Gasteiger partial charge in [0.25, 0.3) is 15.9 Å². The SMILES string of the molecule is Cc1cc(C)c([C@@H](C)NC(=O)[C@@H]2CN(S(=O)(=O)c3ccccc3)c3ccccc3O2)cc1C. The highest BCUT2D eigenvalue weighted by Gasteiger charge is 2.37. The number of nitrogens with zero attached hydrogens (tertiary/aromatic N) is 1. The van der Waals surface area contributed by atoms with Gasteiger partial charge >= 0.3 is 0 Å². The Labute approximate surface area is 195 Å². The van der Waals surface area contributed by atoms with Crippen LogP contribution in [0.4, 0.5) is 5.69 Å². The van der Waals surface area contributed by atoms with Crippen molar-refractivity contribution in [2.45, 2.75) is 44.7 Å². The molecular formula is C26H28N2O4S. The van der Waals surface area contributed by atoms with E-state index >= 15 is 0 Å². The van der Waals surface area contributed by atoms with Gasteiger partial charge in [0.15, 0.2) is 6.10 Å². The first-order valence-electron chi connectivity index (χ1n) is 10.9. The lowest BCUT2D eigenvalue weighted by Gasteiger charge is -2.35. The molecule has 3 aromatic rings. The molecule has 0 bridgehead atoms. The summed E-state index contributed by atoms with van der Waals surface area (Å²) >= 11 is 0. The van der Waals surface area contributed by atoms with E-state index < -0.39 is 16.1 Å². The first-order chi connectivity index (χ1) is 15.7. The second-order valence-corrected chi connectivity index (χ2v) is 10.3. The number of rotatable bonds is 5. The molecule has 0 radical (unpaired) electrons. The van der Waals surface area contributed by atoms with Crippen LogP contribution in [0.2, 0.25) is 0 Å². The highest BCUT2D eigenvalue weighted by molar-refractivity contribution is 7.92. The average Bonchev–Trinajstić information content (AvgIpc) is 2.81. The van der Waals surface area contributed by atoms with Gasteiger partial charge in [0.1, 0.15) is 5.75 Å². The van der Waals surface area contributed by atoms with Crippen molar-refractivity contribution in [3.05, 3.63) is 89.0 Å². The van der Waals surface area contributed by atoms with Gasteiger partial charge in [-0.2, -0.15) is 0 Å². The van der Waals surface area contributed by atoms with Gasteiger partial charge in [-0.15, -0.1) is 0 Å². The molecule has 1 aliphatic heterocycles. The zero-order valence-electron chi connectivity index (χ0n) is 19.2. The fraction of sp³-hybridized carbons (Fsp3) is 0.269. The number of para-hydroxylation sites is 2. The second kappa shape index (κ2) is 8.90. The van der Waals surface area contributed by atoms with Crippen molar-refractivity contribution in [2.75, 3.05) is 10.8 Å². The minimum absolute atomic E-state index is 0.112. The van der Waals surface area contributed by atoms with E-state index in [0.29, 0.717) is 11.4 Å². The Kier molecular flexibility index (Phi) is 6.17. The number of aryl methyl sites for hydroxylation is 3. The van der Waals surface area contributed by atoms with E-state index in [4.69, 9.17) is 4.74 Å². The lowest BCUT2D eigenvalue weighted by Crippen LogP contribution is -2.51. The normalized spacial score (nSPS) is 16.5. The van der Waals surface area contributed by atoms with Crippen LogP contribution >= 0.6 is 0 Å². The summed E-state index contributed by atoms with van der Waals surface area (Å²) < 4.78 is 34.0. The Hall–Kier alpha value is -3.32. The molecule has 0 aliphatic carbocycles. The molecule has 3 aromatic carbocycles. The molecule has 0 fully saturated rings. The fourth-order valence-electron chi connectivity index (χ4n) is 4.12. The van der Waals surface area contributed by atoms with Crippen LogP contribution in [0.5, 0.6) is 5.75 Å². The number of hydrogen-bond donors (Lipinski definition) is 1. The van der Waals surface area contributed by atoms with Crippen LogP contribution in [-0.4, -0.2) is 27.0 Å². The number of ether oxygens (including phenoxy) is 1. The molecule has 7 heteroatoms. The zero-order valence-corrected chi connectivity index (χ0v) is 20.0. The maximum Gasteiger partial charge on any atom is 0.264 e. The van der Waals surface area contributed by atoms with Crippen molar-refractivity contribution in [1.29, 1.82) is 0 Å². The number of benzene rings is 3. The number of nitrogens with one attached hydrogen (secondary N) is 1. The van der Waals surface area contributed by atoms with Crippen molar-refractivity contribution in [1.82, 2.24) is 5.32 Å². The maximum absolute atomic E-state index is 13.4. The smallest absolute Gasteiger partial charge is 0.264 e. The Morgan fingerprint density at radius 3 is 2.33 bits per heavy atom. The topological polar surface area (TPSA) is 75.7 Å². The van der Waals surface area contributed by atoms with Crippen molar-refractivity contribution in [3.8, 4) is 5.75 Å². The third-order valence-corrected chi connectivity index (χ3v) is 7.86. The summed E-state index contributed by atoms with van der Waals surface area (Å²) in [6.07, 6.45) is -0.979. The van der Waals surface area contributed by atoms with E-state index in [2.05, 4.69) is 24.4 Å². The summed E-state index contributed by atoms with van der Waals surface area (Å²) in [6, 6.07) is 19.0. The van der Waals surface area contributed by atoms with E-state index in [9.17, 15) is 13.2 Å². The first kappa shape index (κ1) is 22.9. The fourth-order valence-corrected chi connectivity index (χ4v) is 5.62. The van der Waals surface area contributed by atoms with Gasteiger partial charge in [-0.05, 0) is 74.2 Å². The highest BCUT2D eigenvalue weighted by atomic mass is 32.2. The van der Waals surface area contributed by atoms with E-state index in [1.807, 2.05) is 20.8 Å². The number of anilines is 1. The van der Waals surface area contributed by atoms with Crippen LogP contribution in [0.25, 0.3) is 0 Å². The first-order valence-corrected chi connectivity index (χ1v) is 12.3. The Morgan fingerprint density at radius 1 is 0.970 bits per heavy atom. The number of carbonyl (C=O) groups excluding carboxylic acids is 1. The van der Waals surface area contributed by atoms with E-state index in [1.165, 1.54) is 9.87 Å². The van der Waals surface area contributed by atoms with Crippen LogP contribution in [-0.2, 0) is 14.8 Å². The molecule has 172 valence electrons. The molecule has 1 aliphatic rings. The van der Waals surface area contributed by atoms with Crippen LogP contribution in [0.15, 0.2) is 71.6 Å². The zero-order chi connectivity index (χ0) is 23.8. The summed E-state index contributed by atoms with van der Waals surface area (Å²) in [5.74, 6) is 0.00122. The van der Waals surface area contributed by atoms with Gasteiger partial charge in [0, 0.05) is 0 Å². The Balaban J connectivity index is 1.62. The molecule has 0 aromatic heterocycles. The molecule has 0 unspecified atom stereocenters. The predicted molar refractivity (Wildman–Crippen MR) is 129 cm³/mol. The third-order valence-electron chi connectivity index (χ3n) is 6.07. The molecule has 1 amide bonds. The lowest BCUT2D eigenvalue weighted by molar-refractivity contribution is -0.128. The molecule has 6 nitrogen and oxygen atoms in total. The average molecular weight is 465 g/mol. The lowest BCUT2D eigenvalue weighted by atomic mass is 9.96. The van der Waals surface area contributed by atoms with Gasteiger partial charge in [-0.1, -0.05) is 42.5 Å². The van der Waals surface area contributed by atoms with Crippen LogP contribution in [0, 0.1) is 20.8 Å². The monoisotopic (exact) mass is 464 g/mol. The Morgan fingerprint density at radius 2 is 1.61 bits per heavy atom. The van der Waals surface area contributed by atoms with Crippen molar-refractivity contribution < 1.29 is 17.9 Å². The van der Waals surface area contributed by atoms with Crippen LogP contribution in [0.1, 0.15) is 35.2 Å². The van der Waals surface area contributed by atoms with Crippen LogP contribution in [0.3, 0.4) is 0 Å². The number of amides is 1. The molecule has 0 saturated carbocycles. The van der Waals surface area contributed by atoms with Gasteiger partial charge in [-0.25, -0.2) is 8.42 Å². The summed E-state index contributed by atoms with van der Waals surface area (Å²) in [5, 5.41) is 3.01. The van der Waals surface area contributed by atoms with Crippen LogP contribution < -0.4 is 14.4 Å². The van der Waals surface area contributed by atoms with Gasteiger partial charge in [0.2, 0.25) is 0 Å². The maximum atomic E-state index is 13.4. The molecule has 0 spiro atoms. The standard InChI is InChI=1S/C26H28N2O4S/c1-17-14-19(3)22(15-18(17)2)20(4)27-26(29)25-16-28(23-12-8-9-13-24(23)32-25)33(30,31)21-10-6-5-7-11-21/h5-15,20,25H,16H2,1-4H3,(H,27,29)/t20-,25+/m1/s1. The van der Waals surface area contributed by atoms with E-state index in [-0.39, 0.29) is 23.4 Å². The molecule has 33 heavy (non-hydrogen) atoms. The summed E-state index contributed by atoms with van der Waals surface area (Å²) in [5.41, 5.74) is 4.89. The minimum Gasteiger partial charge on any atom is -0.476 e. The van der Waals surface area contributed by atoms with Gasteiger partial charge in [-0.3, -0.25) is 9.10 Å². The number of hydrogen-bond acceptors (Lipinski definition) is 4. The third kappa shape index (κ3) is 4.46. The van der Waals surface area contributed by atoms with Crippen molar-refractivity contribution in [3.63, 3.8) is 0 Å². The summed E-state index contributed by atoms with van der Waals surface area (Å²) in [7, 11) is -3.87. The molecule has 0 saturated heterocycles. The van der Waals surface area contributed by atoms with E-state index in [1.54, 1.807) is 54.6 Å².